The molecule has 3 N–H and O–H groups in total. The van der Waals surface area contributed by atoms with Gasteiger partial charge in [0.2, 0.25) is 5.91 Å². The summed E-state index contributed by atoms with van der Waals surface area (Å²) >= 11 is 1.17. The van der Waals surface area contributed by atoms with Crippen LogP contribution in [0.3, 0.4) is 0 Å². The number of nitrogen functional groups attached to an aromatic ring is 1. The maximum Gasteiger partial charge on any atom is 0.263 e. The van der Waals surface area contributed by atoms with Crippen LogP contribution in [0.4, 0.5) is 5.13 Å². The van der Waals surface area contributed by atoms with Gasteiger partial charge in [0.15, 0.2) is 5.13 Å². The number of likely N-dealkylation sites (tertiary alicyclic amines) is 1. The zero-order valence-corrected chi connectivity index (χ0v) is 12.6. The summed E-state index contributed by atoms with van der Waals surface area (Å²) < 4.78 is 0. The van der Waals surface area contributed by atoms with Crippen molar-refractivity contribution in [3.63, 3.8) is 0 Å². The molecule has 0 bridgehead atoms. The van der Waals surface area contributed by atoms with Crippen LogP contribution >= 0.6 is 11.3 Å². The highest BCUT2D eigenvalue weighted by atomic mass is 32.1. The molecule has 0 saturated carbocycles. The Kier molecular flexibility index (Phi) is 4.59. The van der Waals surface area contributed by atoms with Crippen LogP contribution in [0.25, 0.3) is 0 Å². The van der Waals surface area contributed by atoms with Crippen molar-refractivity contribution in [2.75, 3.05) is 18.8 Å². The third kappa shape index (κ3) is 3.47. The minimum atomic E-state index is -0.164. The summed E-state index contributed by atoms with van der Waals surface area (Å²) in [5.41, 5.74) is 5.52. The monoisotopic (exact) mass is 296 g/mol. The Bertz CT molecular complexity index is 500. The average Bonchev–Trinajstić information content (AvgIpc) is 2.85. The SMILES string of the molecule is CC(C)C(=O)N1CCCC(NC(=O)c2cnc(N)s2)C1. The largest absolute Gasteiger partial charge is 0.375 e. The van der Waals surface area contributed by atoms with Crippen LogP contribution in [0.5, 0.6) is 0 Å². The smallest absolute Gasteiger partial charge is 0.263 e. The predicted molar refractivity (Wildman–Crippen MR) is 78.4 cm³/mol. The van der Waals surface area contributed by atoms with Crippen LogP contribution < -0.4 is 11.1 Å². The second kappa shape index (κ2) is 6.21. The van der Waals surface area contributed by atoms with Gasteiger partial charge in [-0.15, -0.1) is 0 Å². The lowest BCUT2D eigenvalue weighted by atomic mass is 10.0. The summed E-state index contributed by atoms with van der Waals surface area (Å²) in [6.07, 6.45) is 3.28. The molecule has 1 aliphatic heterocycles. The Morgan fingerprint density at radius 2 is 2.30 bits per heavy atom. The van der Waals surface area contributed by atoms with Gasteiger partial charge in [0.25, 0.3) is 5.91 Å². The summed E-state index contributed by atoms with van der Waals surface area (Å²) in [5, 5.41) is 3.34. The van der Waals surface area contributed by atoms with E-state index in [0.29, 0.717) is 16.6 Å². The zero-order valence-electron chi connectivity index (χ0n) is 11.8. The standard InChI is InChI=1S/C13H20N4O2S/c1-8(2)12(19)17-5-3-4-9(7-17)16-11(18)10-6-15-13(14)20-10/h6,8-9H,3-5,7H2,1-2H3,(H2,14,15)(H,16,18). The summed E-state index contributed by atoms with van der Waals surface area (Å²) in [6.45, 7) is 5.14. The van der Waals surface area contributed by atoms with E-state index in [9.17, 15) is 9.59 Å². The fraction of sp³-hybridized carbons (Fsp3) is 0.615. The molecule has 0 aromatic carbocycles. The number of nitrogens with two attached hydrogens (primary N) is 1. The topological polar surface area (TPSA) is 88.3 Å². The molecule has 1 aromatic rings. The molecule has 110 valence electrons. The van der Waals surface area contributed by atoms with Crippen molar-refractivity contribution >= 4 is 28.3 Å². The Hall–Kier alpha value is -1.63. The number of aromatic nitrogens is 1. The molecular formula is C13H20N4O2S. The molecule has 0 radical (unpaired) electrons. The van der Waals surface area contributed by atoms with Crippen LogP contribution in [0.2, 0.25) is 0 Å². The van der Waals surface area contributed by atoms with Crippen molar-refractivity contribution in [2.24, 2.45) is 5.92 Å². The normalized spacial score (nSPS) is 19.1. The van der Waals surface area contributed by atoms with Gasteiger partial charge in [-0.1, -0.05) is 25.2 Å². The first-order valence-corrected chi connectivity index (χ1v) is 7.60. The van der Waals surface area contributed by atoms with Crippen LogP contribution in [-0.4, -0.2) is 40.8 Å². The maximum atomic E-state index is 12.0. The van der Waals surface area contributed by atoms with E-state index in [2.05, 4.69) is 10.3 Å². The predicted octanol–water partition coefficient (Wildman–Crippen LogP) is 1.10. The molecule has 2 heterocycles. The molecule has 1 saturated heterocycles. The van der Waals surface area contributed by atoms with E-state index in [1.165, 1.54) is 17.5 Å². The number of nitrogens with one attached hydrogen (secondary N) is 1. The average molecular weight is 296 g/mol. The Balaban J connectivity index is 1.93. The van der Waals surface area contributed by atoms with Gasteiger partial charge in [0.05, 0.1) is 6.20 Å². The van der Waals surface area contributed by atoms with Crippen LogP contribution in [0, 0.1) is 5.92 Å². The third-order valence-electron chi connectivity index (χ3n) is 3.31. The van der Waals surface area contributed by atoms with Crippen LogP contribution in [0.15, 0.2) is 6.20 Å². The number of amides is 2. The van der Waals surface area contributed by atoms with E-state index in [0.717, 1.165) is 19.4 Å². The molecule has 20 heavy (non-hydrogen) atoms. The van der Waals surface area contributed by atoms with Crippen molar-refractivity contribution in [1.82, 2.24) is 15.2 Å². The first-order valence-electron chi connectivity index (χ1n) is 6.78. The first-order chi connectivity index (χ1) is 9.47. The number of hydrogen-bond donors (Lipinski definition) is 2. The molecule has 2 rings (SSSR count). The molecule has 2 amide bonds. The summed E-state index contributed by atoms with van der Waals surface area (Å²) in [4.78, 5) is 30.2. The number of piperidine rings is 1. The van der Waals surface area contributed by atoms with Crippen molar-refractivity contribution in [3.8, 4) is 0 Å². The van der Waals surface area contributed by atoms with Gasteiger partial charge in [-0.2, -0.15) is 0 Å². The number of nitrogens with zero attached hydrogens (tertiary/aromatic N) is 2. The molecule has 1 aromatic heterocycles. The Morgan fingerprint density at radius 3 is 2.90 bits per heavy atom. The van der Waals surface area contributed by atoms with Gasteiger partial charge in [-0.3, -0.25) is 9.59 Å². The molecule has 1 aliphatic rings. The summed E-state index contributed by atoms with van der Waals surface area (Å²) in [5.74, 6) is -0.0280. The quantitative estimate of drug-likeness (QED) is 0.874. The Morgan fingerprint density at radius 1 is 1.55 bits per heavy atom. The minimum absolute atomic E-state index is 0.00211. The molecule has 1 unspecified atom stereocenters. The Labute approximate surface area is 122 Å². The first kappa shape index (κ1) is 14.8. The molecule has 6 nitrogen and oxygen atoms in total. The fourth-order valence-corrected chi connectivity index (χ4v) is 2.90. The molecule has 0 spiro atoms. The molecular weight excluding hydrogens is 276 g/mol. The highest BCUT2D eigenvalue weighted by Crippen LogP contribution is 2.17. The molecule has 1 fully saturated rings. The minimum Gasteiger partial charge on any atom is -0.375 e. The number of rotatable bonds is 3. The van der Waals surface area contributed by atoms with E-state index >= 15 is 0 Å². The van der Waals surface area contributed by atoms with Crippen LogP contribution in [0.1, 0.15) is 36.4 Å². The zero-order chi connectivity index (χ0) is 14.7. The van der Waals surface area contributed by atoms with E-state index in [-0.39, 0.29) is 23.8 Å². The summed E-state index contributed by atoms with van der Waals surface area (Å²) in [6, 6.07) is 0.00211. The number of carbonyl (C=O) groups is 2. The van der Waals surface area contributed by atoms with Gasteiger partial charge in [-0.25, -0.2) is 4.98 Å². The van der Waals surface area contributed by atoms with E-state index in [1.54, 1.807) is 0 Å². The number of thiazole rings is 1. The van der Waals surface area contributed by atoms with Gasteiger partial charge < -0.3 is 16.0 Å². The van der Waals surface area contributed by atoms with Gasteiger partial charge in [0, 0.05) is 25.0 Å². The second-order valence-electron chi connectivity index (χ2n) is 5.31. The van der Waals surface area contributed by atoms with Crippen molar-refractivity contribution in [2.45, 2.75) is 32.7 Å². The van der Waals surface area contributed by atoms with E-state index in [4.69, 9.17) is 5.73 Å². The van der Waals surface area contributed by atoms with Crippen molar-refractivity contribution in [3.05, 3.63) is 11.1 Å². The van der Waals surface area contributed by atoms with Gasteiger partial charge >= 0.3 is 0 Å². The third-order valence-corrected chi connectivity index (χ3v) is 4.13. The van der Waals surface area contributed by atoms with Crippen molar-refractivity contribution in [1.29, 1.82) is 0 Å². The lowest BCUT2D eigenvalue weighted by Gasteiger charge is -2.34. The highest BCUT2D eigenvalue weighted by Gasteiger charge is 2.26. The summed E-state index contributed by atoms with van der Waals surface area (Å²) in [7, 11) is 0. The van der Waals surface area contributed by atoms with Gasteiger partial charge in [-0.05, 0) is 12.8 Å². The fourth-order valence-electron chi connectivity index (χ4n) is 2.31. The highest BCUT2D eigenvalue weighted by molar-refractivity contribution is 7.17. The van der Waals surface area contributed by atoms with E-state index in [1.807, 2.05) is 18.7 Å². The maximum absolute atomic E-state index is 12.0. The number of anilines is 1. The molecule has 1 atom stereocenters. The van der Waals surface area contributed by atoms with Crippen molar-refractivity contribution < 1.29 is 9.59 Å². The lowest BCUT2D eigenvalue weighted by Crippen LogP contribution is -2.50. The number of hydrogen-bond acceptors (Lipinski definition) is 5. The lowest BCUT2D eigenvalue weighted by molar-refractivity contribution is -0.135. The van der Waals surface area contributed by atoms with Gasteiger partial charge in [0.1, 0.15) is 4.88 Å². The number of carbonyl (C=O) groups excluding carboxylic acids is 2. The van der Waals surface area contributed by atoms with E-state index < -0.39 is 0 Å². The molecule has 0 aliphatic carbocycles. The van der Waals surface area contributed by atoms with Crippen LogP contribution in [-0.2, 0) is 4.79 Å². The second-order valence-corrected chi connectivity index (χ2v) is 6.38. The molecule has 7 heteroatoms.